The third-order valence-electron chi connectivity index (χ3n) is 2.80. The number of benzene rings is 1. The number of H-pyrrole nitrogens is 1. The molecule has 0 aliphatic heterocycles. The van der Waals surface area contributed by atoms with E-state index in [0.29, 0.717) is 11.3 Å². The molecule has 0 spiro atoms. The average molecular weight is 308 g/mol. The number of aromatic amines is 1. The second-order valence-electron chi connectivity index (χ2n) is 4.22. The Kier molecular flexibility index (Phi) is 3.52. The second-order valence-corrected chi connectivity index (χ2v) is 5.14. The molecule has 0 saturated carbocycles. The molecule has 1 amide bonds. The minimum Gasteiger partial charge on any atom is -0.322 e. The quantitative estimate of drug-likeness (QED) is 0.894. The molecule has 0 bridgehead atoms. The summed E-state index contributed by atoms with van der Waals surface area (Å²) in [5, 5.41) is 9.74. The number of aromatic nitrogens is 2. The van der Waals surface area contributed by atoms with Crippen LogP contribution in [0, 0.1) is 20.8 Å². The van der Waals surface area contributed by atoms with Crippen LogP contribution in [0.2, 0.25) is 0 Å². The maximum absolute atomic E-state index is 12.2. The molecular weight excluding hydrogens is 294 g/mol. The van der Waals surface area contributed by atoms with Crippen molar-refractivity contribution in [2.45, 2.75) is 20.8 Å². The molecule has 4 nitrogen and oxygen atoms in total. The maximum atomic E-state index is 12.2. The van der Waals surface area contributed by atoms with E-state index in [1.807, 2.05) is 39.0 Å². The Morgan fingerprint density at radius 1 is 1.33 bits per heavy atom. The van der Waals surface area contributed by atoms with Crippen molar-refractivity contribution < 1.29 is 4.79 Å². The zero-order valence-corrected chi connectivity index (χ0v) is 12.1. The first-order chi connectivity index (χ1) is 8.49. The number of aryl methyl sites for hydroxylation is 3. The third-order valence-corrected chi connectivity index (χ3v) is 3.30. The Labute approximate surface area is 114 Å². The van der Waals surface area contributed by atoms with Crippen molar-refractivity contribution in [3.8, 4) is 0 Å². The number of hydrogen-bond donors (Lipinski definition) is 2. The number of nitrogens with one attached hydrogen (secondary N) is 2. The normalized spacial score (nSPS) is 10.4. The van der Waals surface area contributed by atoms with Crippen molar-refractivity contribution in [3.05, 3.63) is 45.2 Å². The first-order valence-electron chi connectivity index (χ1n) is 5.58. The highest BCUT2D eigenvalue weighted by molar-refractivity contribution is 9.10. The highest BCUT2D eigenvalue weighted by Crippen LogP contribution is 2.22. The van der Waals surface area contributed by atoms with Gasteiger partial charge < -0.3 is 5.32 Å². The van der Waals surface area contributed by atoms with Gasteiger partial charge in [-0.3, -0.25) is 9.89 Å². The van der Waals surface area contributed by atoms with Gasteiger partial charge in [0.15, 0.2) is 0 Å². The smallest absolute Gasteiger partial charge is 0.259 e. The van der Waals surface area contributed by atoms with Crippen LogP contribution in [0.3, 0.4) is 0 Å². The van der Waals surface area contributed by atoms with Gasteiger partial charge in [-0.15, -0.1) is 0 Å². The summed E-state index contributed by atoms with van der Waals surface area (Å²) in [7, 11) is 0. The van der Waals surface area contributed by atoms with E-state index in [1.54, 1.807) is 0 Å². The van der Waals surface area contributed by atoms with Crippen LogP contribution in [-0.4, -0.2) is 16.1 Å². The summed E-state index contributed by atoms with van der Waals surface area (Å²) in [4.78, 5) is 12.2. The predicted octanol–water partition coefficient (Wildman–Crippen LogP) is 3.35. The Balaban J connectivity index is 2.30. The lowest BCUT2D eigenvalue weighted by atomic mass is 10.1. The number of hydrogen-bond acceptors (Lipinski definition) is 2. The summed E-state index contributed by atoms with van der Waals surface area (Å²) in [5.41, 5.74) is 3.91. The van der Waals surface area contributed by atoms with Gasteiger partial charge in [-0.2, -0.15) is 5.10 Å². The van der Waals surface area contributed by atoms with Crippen LogP contribution in [0.1, 0.15) is 27.3 Å². The Hall–Kier alpha value is -1.62. The summed E-state index contributed by atoms with van der Waals surface area (Å²) in [6.45, 7) is 5.60. The van der Waals surface area contributed by atoms with Gasteiger partial charge in [0.05, 0.1) is 11.3 Å². The molecule has 2 aromatic rings. The minimum atomic E-state index is -0.139. The van der Waals surface area contributed by atoms with Gasteiger partial charge in [0.2, 0.25) is 0 Å². The van der Waals surface area contributed by atoms with E-state index in [4.69, 9.17) is 0 Å². The van der Waals surface area contributed by atoms with E-state index >= 15 is 0 Å². The van der Waals surface area contributed by atoms with Crippen LogP contribution in [0.5, 0.6) is 0 Å². The van der Waals surface area contributed by atoms with Crippen LogP contribution in [0.15, 0.2) is 22.7 Å². The molecule has 18 heavy (non-hydrogen) atoms. The van der Waals surface area contributed by atoms with Crippen molar-refractivity contribution >= 4 is 27.5 Å². The maximum Gasteiger partial charge on any atom is 0.259 e. The summed E-state index contributed by atoms with van der Waals surface area (Å²) >= 11 is 3.39. The summed E-state index contributed by atoms with van der Waals surface area (Å²) in [6.07, 6.45) is 0. The van der Waals surface area contributed by atoms with E-state index in [-0.39, 0.29) is 5.91 Å². The standard InChI is InChI=1S/C13H14BrN3O/c1-7-4-5-10(14)6-11(7)15-13(18)12-8(2)16-17-9(12)3/h4-6H,1-3H3,(H,15,18)(H,16,17). The lowest BCUT2D eigenvalue weighted by molar-refractivity contribution is 0.102. The lowest BCUT2D eigenvalue weighted by Crippen LogP contribution is -2.14. The van der Waals surface area contributed by atoms with Gasteiger partial charge in [0, 0.05) is 15.9 Å². The number of amides is 1. The molecule has 0 atom stereocenters. The molecule has 5 heteroatoms. The van der Waals surface area contributed by atoms with Crippen molar-refractivity contribution in [1.29, 1.82) is 0 Å². The molecule has 2 rings (SSSR count). The molecule has 0 aliphatic carbocycles. The van der Waals surface area contributed by atoms with Crippen LogP contribution in [-0.2, 0) is 0 Å². The first kappa shape index (κ1) is 12.8. The number of rotatable bonds is 2. The molecule has 2 N–H and O–H groups in total. The Morgan fingerprint density at radius 2 is 2.06 bits per heavy atom. The van der Waals surface area contributed by atoms with E-state index in [2.05, 4.69) is 31.4 Å². The van der Waals surface area contributed by atoms with Crippen LogP contribution < -0.4 is 5.32 Å². The van der Waals surface area contributed by atoms with Gasteiger partial charge in [-0.1, -0.05) is 22.0 Å². The number of nitrogens with zero attached hydrogens (tertiary/aromatic N) is 1. The Bertz CT molecular complexity index is 585. The van der Waals surface area contributed by atoms with Crippen LogP contribution in [0.25, 0.3) is 0 Å². The summed E-state index contributed by atoms with van der Waals surface area (Å²) in [5.74, 6) is -0.139. The average Bonchev–Trinajstić information content (AvgIpc) is 2.63. The molecule has 0 radical (unpaired) electrons. The molecule has 1 aromatic heterocycles. The number of carbonyl (C=O) groups excluding carboxylic acids is 1. The molecule has 94 valence electrons. The van der Waals surface area contributed by atoms with Gasteiger partial charge in [-0.25, -0.2) is 0 Å². The highest BCUT2D eigenvalue weighted by atomic mass is 79.9. The van der Waals surface area contributed by atoms with E-state index in [9.17, 15) is 4.79 Å². The van der Waals surface area contributed by atoms with Crippen LogP contribution >= 0.6 is 15.9 Å². The van der Waals surface area contributed by atoms with Crippen molar-refractivity contribution in [2.75, 3.05) is 5.32 Å². The van der Waals surface area contributed by atoms with E-state index in [0.717, 1.165) is 21.4 Å². The second kappa shape index (κ2) is 4.94. The lowest BCUT2D eigenvalue weighted by Gasteiger charge is -2.09. The van der Waals surface area contributed by atoms with Gasteiger partial charge in [0.1, 0.15) is 0 Å². The largest absolute Gasteiger partial charge is 0.322 e. The van der Waals surface area contributed by atoms with E-state index < -0.39 is 0 Å². The molecule has 0 unspecified atom stereocenters. The fraction of sp³-hybridized carbons (Fsp3) is 0.231. The first-order valence-corrected chi connectivity index (χ1v) is 6.37. The van der Waals surface area contributed by atoms with Crippen molar-refractivity contribution in [1.82, 2.24) is 10.2 Å². The number of anilines is 1. The fourth-order valence-corrected chi connectivity index (χ4v) is 2.16. The highest BCUT2D eigenvalue weighted by Gasteiger charge is 2.15. The molecule has 0 saturated heterocycles. The van der Waals surface area contributed by atoms with Gasteiger partial charge >= 0.3 is 0 Å². The molecule has 1 heterocycles. The van der Waals surface area contributed by atoms with Gasteiger partial charge in [0.25, 0.3) is 5.91 Å². The number of carbonyl (C=O) groups is 1. The molecule has 0 fully saturated rings. The van der Waals surface area contributed by atoms with Crippen molar-refractivity contribution in [3.63, 3.8) is 0 Å². The summed E-state index contributed by atoms with van der Waals surface area (Å²) in [6, 6.07) is 5.78. The molecular formula is C13H14BrN3O. The monoisotopic (exact) mass is 307 g/mol. The summed E-state index contributed by atoms with van der Waals surface area (Å²) < 4.78 is 0.934. The number of halogens is 1. The third kappa shape index (κ3) is 2.46. The topological polar surface area (TPSA) is 57.8 Å². The minimum absolute atomic E-state index is 0.139. The SMILES string of the molecule is Cc1ccc(Br)cc1NC(=O)c1c(C)n[nH]c1C. The zero-order chi connectivity index (χ0) is 13.3. The zero-order valence-electron chi connectivity index (χ0n) is 10.5. The van der Waals surface area contributed by atoms with Gasteiger partial charge in [-0.05, 0) is 38.5 Å². The fourth-order valence-electron chi connectivity index (χ4n) is 1.80. The van der Waals surface area contributed by atoms with Crippen LogP contribution in [0.4, 0.5) is 5.69 Å². The van der Waals surface area contributed by atoms with Crippen molar-refractivity contribution in [2.24, 2.45) is 0 Å². The molecule has 0 aliphatic rings. The Morgan fingerprint density at radius 3 is 2.67 bits per heavy atom. The molecule has 1 aromatic carbocycles. The van der Waals surface area contributed by atoms with E-state index in [1.165, 1.54) is 0 Å². The predicted molar refractivity (Wildman–Crippen MR) is 74.9 cm³/mol.